The number of likely N-dealkylation sites (tertiary alicyclic amines) is 1. The zero-order valence-electron chi connectivity index (χ0n) is 22.7. The highest BCUT2D eigenvalue weighted by Gasteiger charge is 2.69. The number of nitrogens with zero attached hydrogens (tertiary/aromatic N) is 3. The van der Waals surface area contributed by atoms with E-state index < -0.39 is 23.2 Å². The molecule has 8 rings (SSSR count). The van der Waals surface area contributed by atoms with Crippen molar-refractivity contribution in [3.05, 3.63) is 92.5 Å². The zero-order valence-corrected chi connectivity index (χ0v) is 24.2. The predicted octanol–water partition coefficient (Wildman–Crippen LogP) is 7.34. The van der Waals surface area contributed by atoms with Crippen molar-refractivity contribution in [2.45, 2.75) is 63.6 Å². The molecular formula is C33H31Cl2FN4O3. The van der Waals surface area contributed by atoms with Gasteiger partial charge in [0.15, 0.2) is 0 Å². The first-order chi connectivity index (χ1) is 20.2. The molecule has 1 aliphatic carbocycles. The largest absolute Gasteiger partial charge is 0.478 e. The van der Waals surface area contributed by atoms with Crippen molar-refractivity contribution in [1.29, 1.82) is 0 Å². The lowest BCUT2D eigenvalue weighted by Crippen LogP contribution is -2.53. The molecule has 0 radical (unpaired) electrons. The van der Waals surface area contributed by atoms with Crippen LogP contribution in [-0.4, -0.2) is 44.0 Å². The second kappa shape index (κ2) is 9.78. The molecule has 4 aromatic rings. The third kappa shape index (κ3) is 3.85. The summed E-state index contributed by atoms with van der Waals surface area (Å²) in [5.41, 5.74) is 2.99. The first-order valence-electron chi connectivity index (χ1n) is 14.3. The molecule has 1 aromatic heterocycles. The van der Waals surface area contributed by atoms with Crippen LogP contribution in [0.2, 0.25) is 10.0 Å². The van der Waals surface area contributed by atoms with Crippen molar-refractivity contribution in [1.82, 2.24) is 14.5 Å². The van der Waals surface area contributed by atoms with Crippen LogP contribution in [0.4, 0.5) is 10.1 Å². The van der Waals surface area contributed by atoms with Crippen molar-refractivity contribution in [2.24, 2.45) is 5.92 Å². The third-order valence-electron chi connectivity index (χ3n) is 9.80. The number of halogens is 3. The Labute approximate surface area is 258 Å². The number of aromatic carboxylic acids is 1. The van der Waals surface area contributed by atoms with Crippen LogP contribution < -0.4 is 5.32 Å². The van der Waals surface area contributed by atoms with E-state index in [0.717, 1.165) is 40.8 Å². The van der Waals surface area contributed by atoms with E-state index in [-0.39, 0.29) is 35.9 Å². The van der Waals surface area contributed by atoms with Gasteiger partial charge >= 0.3 is 5.97 Å². The van der Waals surface area contributed by atoms with Crippen molar-refractivity contribution in [3.8, 4) is 0 Å². The van der Waals surface area contributed by atoms with Gasteiger partial charge in [-0.2, -0.15) is 0 Å². The number of anilines is 1. The van der Waals surface area contributed by atoms with Gasteiger partial charge in [0.05, 0.1) is 21.6 Å². The highest BCUT2D eigenvalue weighted by Crippen LogP contribution is 2.64. The van der Waals surface area contributed by atoms with Gasteiger partial charge in [0.1, 0.15) is 17.2 Å². The molecule has 3 aliphatic heterocycles. The van der Waals surface area contributed by atoms with Gasteiger partial charge in [-0.15, -0.1) is 0 Å². The fourth-order valence-electron chi connectivity index (χ4n) is 7.98. The Balaban J connectivity index is 0.00000300. The second-order valence-electron chi connectivity index (χ2n) is 12.1. The maximum absolute atomic E-state index is 16.2. The Morgan fingerprint density at radius 2 is 1.95 bits per heavy atom. The second-order valence-corrected chi connectivity index (χ2v) is 12.9. The molecule has 1 spiro atoms. The number of benzene rings is 3. The maximum atomic E-state index is 16.2. The van der Waals surface area contributed by atoms with E-state index in [0.29, 0.717) is 41.7 Å². The molecule has 43 heavy (non-hydrogen) atoms. The van der Waals surface area contributed by atoms with Gasteiger partial charge in [-0.3, -0.25) is 9.69 Å². The molecule has 1 saturated heterocycles. The van der Waals surface area contributed by atoms with Gasteiger partial charge < -0.3 is 15.0 Å². The Morgan fingerprint density at radius 1 is 1.16 bits per heavy atom. The first kappa shape index (κ1) is 28.3. The molecule has 1 saturated carbocycles. The standard InChI is InChI=1S/C32H27Cl2FN4O3.CH4/c1-15-11-17(30(40)41)12-24-28(15)37-29-25-23(9-10-38(24)29)39(14-16-5-6-16)32(26(25)19-3-2-4-21(34)27(19)35)20-8-7-18(33)13-22(20)36-31(32)42;/h2-4,7-8,11-13,16,23,25-26H,5-6,9-10,14H2,1H3,(H,36,42)(H,40,41);1H4/t23-,25+,26-,32+;/m0./s1. The first-order valence-corrected chi connectivity index (χ1v) is 15.0. The molecule has 3 aromatic carbocycles. The minimum atomic E-state index is -1.21. The molecule has 0 unspecified atom stereocenters. The number of nitrogens with one attached hydrogen (secondary N) is 1. The normalized spacial score (nSPS) is 25.8. The van der Waals surface area contributed by atoms with Gasteiger partial charge in [-0.05, 0) is 73.6 Å². The van der Waals surface area contributed by atoms with Crippen LogP contribution in [0, 0.1) is 18.7 Å². The van der Waals surface area contributed by atoms with E-state index in [4.69, 9.17) is 28.2 Å². The Morgan fingerprint density at radius 3 is 2.70 bits per heavy atom. The summed E-state index contributed by atoms with van der Waals surface area (Å²) in [5.74, 6) is -1.57. The fraction of sp³-hybridized carbons (Fsp3) is 0.364. The lowest BCUT2D eigenvalue weighted by atomic mass is 9.70. The monoisotopic (exact) mass is 620 g/mol. The number of carbonyl (C=O) groups excluding carboxylic acids is 1. The number of aryl methyl sites for hydroxylation is 2. The van der Waals surface area contributed by atoms with Crippen LogP contribution in [0.25, 0.3) is 11.0 Å². The summed E-state index contributed by atoms with van der Waals surface area (Å²) in [6, 6.07) is 13.6. The quantitative estimate of drug-likeness (QED) is 0.249. The average molecular weight is 622 g/mol. The molecule has 4 atom stereocenters. The molecule has 2 fully saturated rings. The lowest BCUT2D eigenvalue weighted by Gasteiger charge is -2.40. The van der Waals surface area contributed by atoms with E-state index in [1.165, 1.54) is 6.07 Å². The summed E-state index contributed by atoms with van der Waals surface area (Å²) >= 11 is 12.8. The molecule has 10 heteroatoms. The molecule has 1 amide bonds. The number of imidazole rings is 1. The number of fused-ring (bicyclic) bond motifs is 7. The Hall–Kier alpha value is -3.46. The summed E-state index contributed by atoms with van der Waals surface area (Å²) in [6.07, 6.45) is 2.87. The Bertz CT molecular complexity index is 1850. The molecule has 7 nitrogen and oxygen atoms in total. The number of hydrogen-bond acceptors (Lipinski definition) is 4. The van der Waals surface area contributed by atoms with E-state index in [2.05, 4.69) is 14.8 Å². The van der Waals surface area contributed by atoms with Crippen molar-refractivity contribution < 1.29 is 19.1 Å². The van der Waals surface area contributed by atoms with Crippen LogP contribution in [0.5, 0.6) is 0 Å². The number of rotatable bonds is 4. The van der Waals surface area contributed by atoms with Gasteiger partial charge in [0.2, 0.25) is 5.91 Å². The van der Waals surface area contributed by atoms with Crippen LogP contribution >= 0.6 is 23.2 Å². The molecule has 4 heterocycles. The smallest absolute Gasteiger partial charge is 0.335 e. The minimum absolute atomic E-state index is 0. The van der Waals surface area contributed by atoms with Crippen LogP contribution in [0.1, 0.15) is 71.4 Å². The number of hydrogen-bond donors (Lipinski definition) is 2. The van der Waals surface area contributed by atoms with E-state index in [1.54, 1.807) is 36.4 Å². The van der Waals surface area contributed by atoms with Gasteiger partial charge in [0, 0.05) is 47.2 Å². The number of aromatic nitrogens is 2. The van der Waals surface area contributed by atoms with Crippen LogP contribution in [-0.2, 0) is 16.9 Å². The summed E-state index contributed by atoms with van der Waals surface area (Å²) in [6.45, 7) is 3.17. The average Bonchev–Trinajstić information content (AvgIpc) is 3.54. The number of amides is 1. The third-order valence-corrected chi connectivity index (χ3v) is 10.3. The van der Waals surface area contributed by atoms with Gasteiger partial charge in [0.25, 0.3) is 0 Å². The highest BCUT2D eigenvalue weighted by atomic mass is 35.5. The van der Waals surface area contributed by atoms with Crippen molar-refractivity contribution in [2.75, 3.05) is 11.9 Å². The summed E-state index contributed by atoms with van der Waals surface area (Å²) in [5, 5.41) is 13.4. The maximum Gasteiger partial charge on any atom is 0.335 e. The summed E-state index contributed by atoms with van der Waals surface area (Å²) < 4.78 is 18.3. The summed E-state index contributed by atoms with van der Waals surface area (Å²) in [4.78, 5) is 33.9. The van der Waals surface area contributed by atoms with E-state index in [1.807, 2.05) is 13.0 Å². The number of carboxylic acid groups (broad SMARTS) is 1. The highest BCUT2D eigenvalue weighted by molar-refractivity contribution is 6.31. The molecule has 222 valence electrons. The number of carbonyl (C=O) groups is 2. The van der Waals surface area contributed by atoms with E-state index >= 15 is 4.39 Å². The lowest BCUT2D eigenvalue weighted by molar-refractivity contribution is -0.128. The SMILES string of the molecule is C.Cc1cc(C(=O)O)cc2c1nc1n2CC[C@H]2[C@@H]1[C@H](c1cccc(Cl)c1F)[C@]1(C(=O)Nc3cc(Cl)ccc31)N2CC1CC1. The van der Waals surface area contributed by atoms with Crippen LogP contribution in [0.3, 0.4) is 0 Å². The van der Waals surface area contributed by atoms with Crippen LogP contribution in [0.15, 0.2) is 48.5 Å². The molecule has 4 aliphatic rings. The zero-order chi connectivity index (χ0) is 29.1. The van der Waals surface area contributed by atoms with Crippen molar-refractivity contribution in [3.63, 3.8) is 0 Å². The Kier molecular flexibility index (Phi) is 6.44. The molecule has 2 N–H and O–H groups in total. The molecule has 0 bridgehead atoms. The van der Waals surface area contributed by atoms with Gasteiger partial charge in [-0.1, -0.05) is 48.8 Å². The van der Waals surface area contributed by atoms with Crippen molar-refractivity contribution >= 4 is 51.8 Å². The minimum Gasteiger partial charge on any atom is -0.478 e. The topological polar surface area (TPSA) is 87.5 Å². The molecular weight excluding hydrogens is 590 g/mol. The van der Waals surface area contributed by atoms with Gasteiger partial charge in [-0.25, -0.2) is 14.2 Å². The predicted molar refractivity (Wildman–Crippen MR) is 165 cm³/mol. The summed E-state index contributed by atoms with van der Waals surface area (Å²) in [7, 11) is 0. The number of carboxylic acids is 1. The van der Waals surface area contributed by atoms with E-state index in [9.17, 15) is 14.7 Å². The fourth-order valence-corrected chi connectivity index (χ4v) is 8.33.